The molecule has 0 saturated carbocycles. The fourth-order valence-electron chi connectivity index (χ4n) is 4.59. The van der Waals surface area contributed by atoms with Gasteiger partial charge in [-0.15, -0.1) is 0 Å². The fourth-order valence-corrected chi connectivity index (χ4v) is 4.59. The van der Waals surface area contributed by atoms with Crippen LogP contribution in [0.4, 0.5) is 13.2 Å². The predicted octanol–water partition coefficient (Wildman–Crippen LogP) is 7.48. The summed E-state index contributed by atoms with van der Waals surface area (Å²) in [7, 11) is 1.65. The van der Waals surface area contributed by atoms with Crippen molar-refractivity contribution >= 4 is 10.8 Å². The third-order valence-electron chi connectivity index (χ3n) is 6.20. The Labute approximate surface area is 184 Å². The summed E-state index contributed by atoms with van der Waals surface area (Å²) in [5.74, 6) is 0.744. The number of benzene rings is 3. The largest absolute Gasteiger partial charge is 0.496 e. The second kappa shape index (κ2) is 7.97. The summed E-state index contributed by atoms with van der Waals surface area (Å²) in [5.41, 5.74) is 4.93. The molecule has 0 unspecified atom stereocenters. The van der Waals surface area contributed by atoms with E-state index in [1.807, 2.05) is 30.3 Å². The molecule has 0 spiro atoms. The van der Waals surface area contributed by atoms with Crippen LogP contribution >= 0.6 is 0 Å². The molecule has 0 N–H and O–H groups in total. The quantitative estimate of drug-likeness (QED) is 0.334. The van der Waals surface area contributed by atoms with E-state index in [-0.39, 0.29) is 0 Å². The fraction of sp³-hybridized carbons (Fsp3) is 0.222. The number of hydrogen-bond acceptors (Lipinski definition) is 2. The van der Waals surface area contributed by atoms with Gasteiger partial charge in [0, 0.05) is 5.56 Å². The van der Waals surface area contributed by atoms with Crippen molar-refractivity contribution < 1.29 is 17.9 Å². The summed E-state index contributed by atoms with van der Waals surface area (Å²) in [6.07, 6.45) is -0.309. The van der Waals surface area contributed by atoms with Crippen molar-refractivity contribution in [1.29, 1.82) is 0 Å². The van der Waals surface area contributed by atoms with Gasteiger partial charge >= 0.3 is 6.18 Å². The van der Waals surface area contributed by atoms with Gasteiger partial charge in [0.1, 0.15) is 5.75 Å². The maximum atomic E-state index is 13.0. The van der Waals surface area contributed by atoms with E-state index in [0.717, 1.165) is 65.6 Å². The lowest BCUT2D eigenvalue weighted by molar-refractivity contribution is -0.137. The molecule has 1 aliphatic rings. The maximum Gasteiger partial charge on any atom is 0.416 e. The van der Waals surface area contributed by atoms with Crippen LogP contribution in [-0.4, -0.2) is 12.1 Å². The zero-order chi connectivity index (χ0) is 22.3. The highest BCUT2D eigenvalue weighted by Gasteiger charge is 2.30. The van der Waals surface area contributed by atoms with Crippen LogP contribution in [0.3, 0.4) is 0 Å². The molecule has 0 fully saturated rings. The van der Waals surface area contributed by atoms with Crippen molar-refractivity contribution in [2.75, 3.05) is 7.11 Å². The van der Waals surface area contributed by atoms with Crippen LogP contribution in [0.1, 0.15) is 29.5 Å². The number of methoxy groups -OCH3 is 1. The van der Waals surface area contributed by atoms with Crippen LogP contribution in [0.2, 0.25) is 0 Å². The lowest BCUT2D eigenvalue weighted by Crippen LogP contribution is -2.08. The molecule has 32 heavy (non-hydrogen) atoms. The first-order valence-electron chi connectivity index (χ1n) is 10.7. The molecular weight excluding hydrogens is 411 g/mol. The molecule has 0 bridgehead atoms. The standard InChI is InChI=1S/C27H22F3NO/c1-32-24-15-12-17-6-2-4-8-21(17)25(24)26-22-9-5-3-7-19(22)16-23(31-26)18-10-13-20(14-11-18)27(28,29)30/h2,4,6,8,10-16H,3,5,7,9H2,1H3. The minimum absolute atomic E-state index is 0.657. The minimum Gasteiger partial charge on any atom is -0.496 e. The number of fused-ring (bicyclic) bond motifs is 2. The zero-order valence-electron chi connectivity index (χ0n) is 17.7. The predicted molar refractivity (Wildman–Crippen MR) is 121 cm³/mol. The molecule has 5 heteroatoms. The Morgan fingerprint density at radius 2 is 1.62 bits per heavy atom. The minimum atomic E-state index is -4.36. The third-order valence-corrected chi connectivity index (χ3v) is 6.20. The highest BCUT2D eigenvalue weighted by molar-refractivity contribution is 6.00. The number of ether oxygens (including phenoxy) is 1. The van der Waals surface area contributed by atoms with Gasteiger partial charge in [-0.2, -0.15) is 13.2 Å². The van der Waals surface area contributed by atoms with Crippen molar-refractivity contribution in [2.45, 2.75) is 31.9 Å². The molecule has 0 radical (unpaired) electrons. The summed E-state index contributed by atoms with van der Waals surface area (Å²) >= 11 is 0. The Balaban J connectivity index is 1.75. The lowest BCUT2D eigenvalue weighted by Gasteiger charge is -2.22. The van der Waals surface area contributed by atoms with Gasteiger partial charge in [-0.3, -0.25) is 0 Å². The average molecular weight is 433 g/mol. The van der Waals surface area contributed by atoms with Crippen molar-refractivity contribution in [1.82, 2.24) is 4.98 Å². The molecule has 2 nitrogen and oxygen atoms in total. The molecule has 1 aromatic heterocycles. The molecule has 0 aliphatic heterocycles. The van der Waals surface area contributed by atoms with E-state index in [0.29, 0.717) is 11.3 Å². The second-order valence-corrected chi connectivity index (χ2v) is 8.14. The molecule has 0 saturated heterocycles. The molecule has 3 aromatic carbocycles. The highest BCUT2D eigenvalue weighted by atomic mass is 19.4. The SMILES string of the molecule is COc1ccc2ccccc2c1-c1nc(-c2ccc(C(F)(F)F)cc2)cc2c1CCCC2. The number of halogens is 3. The van der Waals surface area contributed by atoms with Crippen LogP contribution < -0.4 is 4.74 Å². The van der Waals surface area contributed by atoms with Crippen molar-refractivity contribution in [2.24, 2.45) is 0 Å². The van der Waals surface area contributed by atoms with Crippen LogP contribution in [0.25, 0.3) is 33.3 Å². The van der Waals surface area contributed by atoms with E-state index < -0.39 is 11.7 Å². The van der Waals surface area contributed by atoms with E-state index in [4.69, 9.17) is 9.72 Å². The monoisotopic (exact) mass is 433 g/mol. The summed E-state index contributed by atoms with van der Waals surface area (Å²) in [6, 6.07) is 19.4. The number of aryl methyl sites for hydroxylation is 1. The molecule has 4 aromatic rings. The molecule has 0 amide bonds. The van der Waals surface area contributed by atoms with Crippen molar-refractivity contribution in [3.05, 3.63) is 83.4 Å². The Morgan fingerprint density at radius 3 is 2.38 bits per heavy atom. The third kappa shape index (κ3) is 3.62. The van der Waals surface area contributed by atoms with Crippen molar-refractivity contribution in [3.63, 3.8) is 0 Å². The van der Waals surface area contributed by atoms with Crippen LogP contribution in [-0.2, 0) is 19.0 Å². The molecular formula is C27H22F3NO. The molecule has 1 aliphatic carbocycles. The van der Waals surface area contributed by atoms with Crippen LogP contribution in [0, 0.1) is 0 Å². The Morgan fingerprint density at radius 1 is 0.875 bits per heavy atom. The Hall–Kier alpha value is -3.34. The normalized spacial score (nSPS) is 13.8. The summed E-state index contributed by atoms with van der Waals surface area (Å²) < 4.78 is 44.8. The van der Waals surface area contributed by atoms with Crippen LogP contribution in [0.5, 0.6) is 5.75 Å². The smallest absolute Gasteiger partial charge is 0.416 e. The number of alkyl halides is 3. The Kier molecular flexibility index (Phi) is 5.12. The first-order valence-corrected chi connectivity index (χ1v) is 10.7. The van der Waals surface area contributed by atoms with Gasteiger partial charge < -0.3 is 4.74 Å². The number of hydrogen-bond donors (Lipinski definition) is 0. The number of pyridine rings is 1. The van der Waals surface area contributed by atoms with E-state index in [9.17, 15) is 13.2 Å². The van der Waals surface area contributed by atoms with E-state index in [1.165, 1.54) is 23.3 Å². The number of aromatic nitrogens is 1. The summed E-state index contributed by atoms with van der Waals surface area (Å²) in [5, 5.41) is 2.14. The number of rotatable bonds is 3. The van der Waals surface area contributed by atoms with Gasteiger partial charge in [-0.05, 0) is 71.8 Å². The van der Waals surface area contributed by atoms with Crippen molar-refractivity contribution in [3.8, 4) is 28.3 Å². The lowest BCUT2D eigenvalue weighted by atomic mass is 9.86. The van der Waals surface area contributed by atoms with Gasteiger partial charge in [0.15, 0.2) is 0 Å². The summed E-state index contributed by atoms with van der Waals surface area (Å²) in [6.45, 7) is 0. The first kappa shape index (κ1) is 20.6. The highest BCUT2D eigenvalue weighted by Crippen LogP contribution is 2.41. The van der Waals surface area contributed by atoms with E-state index >= 15 is 0 Å². The van der Waals surface area contributed by atoms with Gasteiger partial charge in [0.05, 0.1) is 29.6 Å². The number of nitrogens with zero attached hydrogens (tertiary/aromatic N) is 1. The van der Waals surface area contributed by atoms with Gasteiger partial charge in [-0.1, -0.05) is 42.5 Å². The average Bonchev–Trinajstić information content (AvgIpc) is 2.82. The molecule has 0 atom stereocenters. The van der Waals surface area contributed by atoms with Gasteiger partial charge in [0.25, 0.3) is 0 Å². The van der Waals surface area contributed by atoms with E-state index in [1.54, 1.807) is 7.11 Å². The second-order valence-electron chi connectivity index (χ2n) is 8.14. The van der Waals surface area contributed by atoms with Gasteiger partial charge in [0.2, 0.25) is 0 Å². The molecule has 1 heterocycles. The first-order chi connectivity index (χ1) is 15.5. The van der Waals surface area contributed by atoms with Crippen LogP contribution in [0.15, 0.2) is 66.7 Å². The summed E-state index contributed by atoms with van der Waals surface area (Å²) in [4.78, 5) is 5.02. The zero-order valence-corrected chi connectivity index (χ0v) is 17.7. The molecule has 162 valence electrons. The topological polar surface area (TPSA) is 22.1 Å². The Bertz CT molecular complexity index is 1290. The molecule has 5 rings (SSSR count). The van der Waals surface area contributed by atoms with Gasteiger partial charge in [-0.25, -0.2) is 4.98 Å². The maximum absolute atomic E-state index is 13.0. The van der Waals surface area contributed by atoms with E-state index in [2.05, 4.69) is 12.1 Å².